The number of piperidine rings is 1. The van der Waals surface area contributed by atoms with Crippen LogP contribution in [0.15, 0.2) is 0 Å². The summed E-state index contributed by atoms with van der Waals surface area (Å²) in [6.07, 6.45) is 3.50. The Bertz CT molecular complexity index is 461. The van der Waals surface area contributed by atoms with Crippen molar-refractivity contribution < 1.29 is 4.79 Å². The molecule has 1 saturated heterocycles. The number of aromatic nitrogens is 2. The minimum atomic E-state index is -0.403. The van der Waals surface area contributed by atoms with Crippen LogP contribution in [0.3, 0.4) is 0 Å². The predicted molar refractivity (Wildman–Crippen MR) is 71.9 cm³/mol. The van der Waals surface area contributed by atoms with Gasteiger partial charge in [0.05, 0.1) is 28.4 Å². The number of nitrogens with zero attached hydrogens (tertiary/aromatic N) is 2. The van der Waals surface area contributed by atoms with Crippen molar-refractivity contribution in [1.82, 2.24) is 15.1 Å². The number of hydrogen-bond acceptors (Lipinski definition) is 3. The molecular weight excluding hydrogens is 250 g/mol. The van der Waals surface area contributed by atoms with Gasteiger partial charge in [0.1, 0.15) is 0 Å². The fraction of sp³-hybridized carbons (Fsp3) is 0.692. The van der Waals surface area contributed by atoms with E-state index in [4.69, 9.17) is 11.6 Å². The quantitative estimate of drug-likeness (QED) is 0.913. The number of carbonyl (C=O) groups is 1. The molecule has 1 aliphatic rings. The second kappa shape index (κ2) is 5.02. The third-order valence-corrected chi connectivity index (χ3v) is 4.32. The van der Waals surface area contributed by atoms with Crippen LogP contribution in [0, 0.1) is 6.92 Å². The highest BCUT2D eigenvalue weighted by molar-refractivity contribution is 6.32. The van der Waals surface area contributed by atoms with Gasteiger partial charge in [-0.25, -0.2) is 0 Å². The van der Waals surface area contributed by atoms with E-state index in [0.717, 1.165) is 37.2 Å². The maximum atomic E-state index is 12.4. The van der Waals surface area contributed by atoms with Crippen LogP contribution in [0.2, 0.25) is 5.02 Å². The Hall–Kier alpha value is -0.870. The largest absolute Gasteiger partial charge is 0.305 e. The SMILES string of the molecule is Cc1nn(C)c(CC(=O)C2(C)CCCCN2)c1Cl. The standard InChI is InChI=1S/C13H20ClN3O/c1-9-12(14)10(17(3)16-9)8-11(18)13(2)6-4-5-7-15-13/h15H,4-8H2,1-3H3. The maximum absolute atomic E-state index is 12.4. The van der Waals surface area contributed by atoms with Crippen molar-refractivity contribution in [2.75, 3.05) is 6.54 Å². The third-order valence-electron chi connectivity index (χ3n) is 3.82. The van der Waals surface area contributed by atoms with Crippen molar-refractivity contribution >= 4 is 17.4 Å². The summed E-state index contributed by atoms with van der Waals surface area (Å²) in [5.41, 5.74) is 1.19. The van der Waals surface area contributed by atoms with Crippen molar-refractivity contribution in [2.45, 2.75) is 45.1 Å². The number of carbonyl (C=O) groups excluding carboxylic acids is 1. The summed E-state index contributed by atoms with van der Waals surface area (Å²) in [6, 6.07) is 0. The zero-order valence-electron chi connectivity index (χ0n) is 11.2. The Morgan fingerprint density at radius 1 is 1.56 bits per heavy atom. The summed E-state index contributed by atoms with van der Waals surface area (Å²) in [7, 11) is 1.83. The van der Waals surface area contributed by atoms with Gasteiger partial charge in [0.2, 0.25) is 0 Å². The van der Waals surface area contributed by atoms with Crippen molar-refractivity contribution in [2.24, 2.45) is 7.05 Å². The number of halogens is 1. The zero-order chi connectivity index (χ0) is 13.3. The fourth-order valence-electron chi connectivity index (χ4n) is 2.51. The summed E-state index contributed by atoms with van der Waals surface area (Å²) in [4.78, 5) is 12.4. The lowest BCUT2D eigenvalue weighted by atomic mass is 9.85. The first-order chi connectivity index (χ1) is 8.44. The molecule has 1 unspecified atom stereocenters. The minimum absolute atomic E-state index is 0.201. The van der Waals surface area contributed by atoms with Gasteiger partial charge in [-0.1, -0.05) is 11.6 Å². The lowest BCUT2D eigenvalue weighted by Gasteiger charge is -2.33. The Labute approximate surface area is 113 Å². The van der Waals surface area contributed by atoms with Gasteiger partial charge < -0.3 is 5.32 Å². The van der Waals surface area contributed by atoms with E-state index in [1.54, 1.807) is 4.68 Å². The van der Waals surface area contributed by atoms with Gasteiger partial charge in [0.25, 0.3) is 0 Å². The average molecular weight is 270 g/mol. The van der Waals surface area contributed by atoms with E-state index in [0.29, 0.717) is 11.4 Å². The molecule has 0 aromatic carbocycles. The smallest absolute Gasteiger partial charge is 0.158 e. The average Bonchev–Trinajstić information content (AvgIpc) is 2.57. The lowest BCUT2D eigenvalue weighted by molar-refractivity contribution is -0.125. The molecule has 0 aliphatic carbocycles. The maximum Gasteiger partial charge on any atom is 0.158 e. The third kappa shape index (κ3) is 2.45. The van der Waals surface area contributed by atoms with Crippen molar-refractivity contribution in [3.63, 3.8) is 0 Å². The molecule has 2 rings (SSSR count). The van der Waals surface area contributed by atoms with Crippen molar-refractivity contribution in [3.05, 3.63) is 16.4 Å². The monoisotopic (exact) mass is 269 g/mol. The number of hydrogen-bond donors (Lipinski definition) is 1. The molecule has 4 nitrogen and oxygen atoms in total. The molecule has 1 aromatic heterocycles. The van der Waals surface area contributed by atoms with Crippen LogP contribution in [0.1, 0.15) is 37.6 Å². The van der Waals surface area contributed by atoms with Crippen LogP contribution in [-0.4, -0.2) is 27.6 Å². The fourth-order valence-corrected chi connectivity index (χ4v) is 2.74. The zero-order valence-corrected chi connectivity index (χ0v) is 12.0. The van der Waals surface area contributed by atoms with E-state index in [-0.39, 0.29) is 5.78 Å². The number of rotatable bonds is 3. The molecule has 1 N–H and O–H groups in total. The number of aryl methyl sites for hydroxylation is 2. The molecule has 1 aromatic rings. The van der Waals surface area contributed by atoms with Crippen LogP contribution in [0.25, 0.3) is 0 Å². The van der Waals surface area contributed by atoms with Crippen molar-refractivity contribution in [1.29, 1.82) is 0 Å². The van der Waals surface area contributed by atoms with Gasteiger partial charge in [0, 0.05) is 7.05 Å². The van der Waals surface area contributed by atoms with E-state index in [1.165, 1.54) is 0 Å². The molecule has 0 radical (unpaired) electrons. The molecule has 1 fully saturated rings. The van der Waals surface area contributed by atoms with Gasteiger partial charge in [-0.2, -0.15) is 5.10 Å². The summed E-state index contributed by atoms with van der Waals surface area (Å²) >= 11 is 6.19. The van der Waals surface area contributed by atoms with Crippen LogP contribution in [-0.2, 0) is 18.3 Å². The first-order valence-corrected chi connectivity index (χ1v) is 6.78. The van der Waals surface area contributed by atoms with E-state index in [2.05, 4.69) is 10.4 Å². The van der Waals surface area contributed by atoms with Gasteiger partial charge in [0.15, 0.2) is 5.78 Å². The topological polar surface area (TPSA) is 46.9 Å². The second-order valence-corrected chi connectivity index (χ2v) is 5.66. The molecule has 0 saturated carbocycles. The molecule has 0 bridgehead atoms. The van der Waals surface area contributed by atoms with Gasteiger partial charge >= 0.3 is 0 Å². The van der Waals surface area contributed by atoms with Crippen LogP contribution in [0.4, 0.5) is 0 Å². The van der Waals surface area contributed by atoms with E-state index >= 15 is 0 Å². The van der Waals surface area contributed by atoms with Crippen LogP contribution >= 0.6 is 11.6 Å². The second-order valence-electron chi connectivity index (χ2n) is 5.29. The molecule has 0 amide bonds. The molecule has 2 heterocycles. The van der Waals surface area contributed by atoms with E-state index in [1.807, 2.05) is 20.9 Å². The summed E-state index contributed by atoms with van der Waals surface area (Å²) in [5.74, 6) is 0.201. The molecule has 18 heavy (non-hydrogen) atoms. The highest BCUT2D eigenvalue weighted by Crippen LogP contribution is 2.25. The molecule has 5 heteroatoms. The molecule has 1 aliphatic heterocycles. The molecule has 100 valence electrons. The molecular formula is C13H20ClN3O. The summed E-state index contributed by atoms with van der Waals surface area (Å²) in [6.45, 7) is 4.77. The van der Waals surface area contributed by atoms with Crippen LogP contribution in [0.5, 0.6) is 0 Å². The Morgan fingerprint density at radius 2 is 2.28 bits per heavy atom. The molecule has 0 spiro atoms. The lowest BCUT2D eigenvalue weighted by Crippen LogP contribution is -2.52. The number of ketones is 1. The van der Waals surface area contributed by atoms with Gasteiger partial charge in [-0.15, -0.1) is 0 Å². The molecule has 1 atom stereocenters. The highest BCUT2D eigenvalue weighted by Gasteiger charge is 2.34. The predicted octanol–water partition coefficient (Wildman–Crippen LogP) is 2.03. The minimum Gasteiger partial charge on any atom is -0.305 e. The van der Waals surface area contributed by atoms with E-state index in [9.17, 15) is 4.79 Å². The van der Waals surface area contributed by atoms with Gasteiger partial charge in [-0.05, 0) is 39.7 Å². The summed E-state index contributed by atoms with van der Waals surface area (Å²) in [5, 5.41) is 8.20. The first kappa shape index (κ1) is 13.6. The first-order valence-electron chi connectivity index (χ1n) is 6.40. The highest BCUT2D eigenvalue weighted by atomic mass is 35.5. The number of Topliss-reactive ketones (excluding diaryl/α,β-unsaturated/α-hetero) is 1. The van der Waals surface area contributed by atoms with E-state index < -0.39 is 5.54 Å². The number of nitrogens with one attached hydrogen (secondary N) is 1. The van der Waals surface area contributed by atoms with Gasteiger partial charge in [-0.3, -0.25) is 9.48 Å². The van der Waals surface area contributed by atoms with Crippen molar-refractivity contribution in [3.8, 4) is 0 Å². The Morgan fingerprint density at radius 3 is 2.78 bits per heavy atom. The van der Waals surface area contributed by atoms with Crippen LogP contribution < -0.4 is 5.32 Å². The Kier molecular flexibility index (Phi) is 3.78. The Balaban J connectivity index is 2.16. The normalized spacial score (nSPS) is 24.2. The summed E-state index contributed by atoms with van der Waals surface area (Å²) < 4.78 is 1.71.